The first-order valence-electron chi connectivity index (χ1n) is 7.60. The molecule has 6 heteroatoms. The molecule has 0 aliphatic heterocycles. The first kappa shape index (κ1) is 16.9. The first-order chi connectivity index (χ1) is 11.0. The van der Waals surface area contributed by atoms with Crippen LogP contribution in [0.25, 0.3) is 0 Å². The van der Waals surface area contributed by atoms with E-state index in [9.17, 15) is 4.79 Å². The lowest BCUT2D eigenvalue weighted by atomic mass is 10.1. The molecule has 2 N–H and O–H groups in total. The number of nitrogens with zero attached hydrogens (tertiary/aromatic N) is 3. The van der Waals surface area contributed by atoms with Gasteiger partial charge in [-0.25, -0.2) is 9.97 Å². The Morgan fingerprint density at radius 2 is 1.91 bits per heavy atom. The highest BCUT2D eigenvalue weighted by Crippen LogP contribution is 2.04. The number of hydrogen-bond acceptors (Lipinski definition) is 5. The Morgan fingerprint density at radius 3 is 2.61 bits per heavy atom. The SMILES string of the molecule is Cc1ccc(CNC(=O)c2ccnc(NCCN(C)C)n2)cc1. The van der Waals surface area contributed by atoms with Gasteiger partial charge in [0.25, 0.3) is 5.91 Å². The van der Waals surface area contributed by atoms with Gasteiger partial charge in [0.2, 0.25) is 5.95 Å². The number of anilines is 1. The topological polar surface area (TPSA) is 70.2 Å². The Labute approximate surface area is 137 Å². The number of benzene rings is 1. The van der Waals surface area contributed by atoms with Crippen molar-refractivity contribution in [1.82, 2.24) is 20.2 Å². The van der Waals surface area contributed by atoms with E-state index >= 15 is 0 Å². The van der Waals surface area contributed by atoms with Crippen molar-refractivity contribution in [3.05, 3.63) is 53.3 Å². The molecule has 2 rings (SSSR count). The molecular weight excluding hydrogens is 290 g/mol. The van der Waals surface area contributed by atoms with Crippen LogP contribution in [0, 0.1) is 6.92 Å². The van der Waals surface area contributed by atoms with Gasteiger partial charge in [0.05, 0.1) is 0 Å². The van der Waals surface area contributed by atoms with Gasteiger partial charge in [0, 0.05) is 25.8 Å². The fourth-order valence-electron chi connectivity index (χ4n) is 1.94. The van der Waals surface area contributed by atoms with E-state index < -0.39 is 0 Å². The molecule has 0 radical (unpaired) electrons. The second-order valence-corrected chi connectivity index (χ2v) is 5.66. The summed E-state index contributed by atoms with van der Waals surface area (Å²) in [7, 11) is 4.00. The lowest BCUT2D eigenvalue weighted by Crippen LogP contribution is -2.25. The van der Waals surface area contributed by atoms with E-state index in [0.717, 1.165) is 18.7 Å². The number of aromatic nitrogens is 2. The monoisotopic (exact) mass is 313 g/mol. The molecular formula is C17H23N5O. The van der Waals surface area contributed by atoms with E-state index in [4.69, 9.17) is 0 Å². The number of amides is 1. The van der Waals surface area contributed by atoms with E-state index in [1.807, 2.05) is 45.3 Å². The Bertz CT molecular complexity index is 640. The molecule has 0 saturated heterocycles. The molecule has 122 valence electrons. The van der Waals surface area contributed by atoms with Gasteiger partial charge in [-0.15, -0.1) is 0 Å². The van der Waals surface area contributed by atoms with Crippen LogP contribution >= 0.6 is 0 Å². The second-order valence-electron chi connectivity index (χ2n) is 5.66. The smallest absolute Gasteiger partial charge is 0.270 e. The van der Waals surface area contributed by atoms with Crippen molar-refractivity contribution in [2.24, 2.45) is 0 Å². The third-order valence-corrected chi connectivity index (χ3v) is 3.30. The average molecular weight is 313 g/mol. The summed E-state index contributed by atoms with van der Waals surface area (Å²) in [6.07, 6.45) is 1.59. The number of carbonyl (C=O) groups is 1. The van der Waals surface area contributed by atoms with Crippen molar-refractivity contribution in [2.75, 3.05) is 32.5 Å². The fourth-order valence-corrected chi connectivity index (χ4v) is 1.94. The first-order valence-corrected chi connectivity index (χ1v) is 7.60. The molecule has 23 heavy (non-hydrogen) atoms. The minimum absolute atomic E-state index is 0.205. The number of nitrogens with one attached hydrogen (secondary N) is 2. The molecule has 0 aliphatic rings. The Kier molecular flexibility index (Phi) is 6.05. The number of aryl methyl sites for hydroxylation is 1. The standard InChI is InChI=1S/C17H23N5O/c1-13-4-6-14(7-5-13)12-20-16(23)15-8-9-18-17(21-15)19-10-11-22(2)3/h4-9H,10-12H2,1-3H3,(H,20,23)(H,18,19,21). The Hall–Kier alpha value is -2.47. The van der Waals surface area contributed by atoms with E-state index in [1.165, 1.54) is 5.56 Å². The quantitative estimate of drug-likeness (QED) is 0.814. The highest BCUT2D eigenvalue weighted by Gasteiger charge is 2.08. The number of hydrogen-bond donors (Lipinski definition) is 2. The zero-order valence-electron chi connectivity index (χ0n) is 13.8. The largest absolute Gasteiger partial charge is 0.353 e. The third kappa shape index (κ3) is 5.67. The second kappa shape index (κ2) is 8.24. The molecule has 1 heterocycles. The summed E-state index contributed by atoms with van der Waals surface area (Å²) in [5.74, 6) is 0.262. The molecule has 0 spiro atoms. The third-order valence-electron chi connectivity index (χ3n) is 3.30. The molecule has 1 aromatic heterocycles. The van der Waals surface area contributed by atoms with Crippen LogP contribution in [0.15, 0.2) is 36.5 Å². The highest BCUT2D eigenvalue weighted by molar-refractivity contribution is 5.92. The summed E-state index contributed by atoms with van der Waals surface area (Å²) in [5, 5.41) is 5.98. The molecule has 0 aliphatic carbocycles. The predicted molar refractivity (Wildman–Crippen MR) is 91.4 cm³/mol. The van der Waals surface area contributed by atoms with Crippen LogP contribution in [0.2, 0.25) is 0 Å². The van der Waals surface area contributed by atoms with Crippen molar-refractivity contribution >= 4 is 11.9 Å². The van der Waals surface area contributed by atoms with Gasteiger partial charge < -0.3 is 15.5 Å². The van der Waals surface area contributed by atoms with Crippen LogP contribution in [-0.4, -0.2) is 48.0 Å². The maximum Gasteiger partial charge on any atom is 0.270 e. The van der Waals surface area contributed by atoms with Gasteiger partial charge in [0.15, 0.2) is 0 Å². The number of likely N-dealkylation sites (N-methyl/N-ethyl adjacent to an activating group) is 1. The van der Waals surface area contributed by atoms with Gasteiger partial charge in [0.1, 0.15) is 5.69 Å². The van der Waals surface area contributed by atoms with Gasteiger partial charge in [-0.05, 0) is 32.6 Å². The van der Waals surface area contributed by atoms with Gasteiger partial charge in [-0.1, -0.05) is 29.8 Å². The van der Waals surface area contributed by atoms with E-state index in [2.05, 4.69) is 25.5 Å². The van der Waals surface area contributed by atoms with Crippen molar-refractivity contribution < 1.29 is 4.79 Å². The van der Waals surface area contributed by atoms with Crippen LogP contribution in [0.1, 0.15) is 21.6 Å². The molecule has 6 nitrogen and oxygen atoms in total. The fraction of sp³-hybridized carbons (Fsp3) is 0.353. The predicted octanol–water partition coefficient (Wildman–Crippen LogP) is 1.69. The van der Waals surface area contributed by atoms with Crippen LogP contribution in [0.3, 0.4) is 0 Å². The number of carbonyl (C=O) groups excluding carboxylic acids is 1. The molecule has 2 aromatic rings. The summed E-state index contributed by atoms with van der Waals surface area (Å²) >= 11 is 0. The maximum atomic E-state index is 12.2. The van der Waals surface area contributed by atoms with Crippen molar-refractivity contribution in [1.29, 1.82) is 0 Å². The average Bonchev–Trinajstić information content (AvgIpc) is 2.54. The van der Waals surface area contributed by atoms with E-state index in [-0.39, 0.29) is 5.91 Å². The zero-order chi connectivity index (χ0) is 16.7. The maximum absolute atomic E-state index is 12.2. The Balaban J connectivity index is 1.90. The zero-order valence-corrected chi connectivity index (χ0v) is 13.8. The summed E-state index contributed by atoms with van der Waals surface area (Å²) in [6.45, 7) is 4.11. The van der Waals surface area contributed by atoms with Crippen LogP contribution in [0.4, 0.5) is 5.95 Å². The highest BCUT2D eigenvalue weighted by atomic mass is 16.1. The molecule has 1 aromatic carbocycles. The van der Waals surface area contributed by atoms with E-state index in [1.54, 1.807) is 12.3 Å². The Morgan fingerprint density at radius 1 is 1.17 bits per heavy atom. The van der Waals surface area contributed by atoms with Crippen LogP contribution < -0.4 is 10.6 Å². The van der Waals surface area contributed by atoms with Gasteiger partial charge in [-0.2, -0.15) is 0 Å². The van der Waals surface area contributed by atoms with Crippen LogP contribution in [0.5, 0.6) is 0 Å². The number of rotatable bonds is 7. The molecule has 0 saturated carbocycles. The normalized spacial score (nSPS) is 10.6. The van der Waals surface area contributed by atoms with Crippen molar-refractivity contribution in [3.8, 4) is 0 Å². The minimum atomic E-state index is -0.205. The molecule has 0 unspecified atom stereocenters. The molecule has 0 fully saturated rings. The summed E-state index contributed by atoms with van der Waals surface area (Å²) in [5.41, 5.74) is 2.62. The van der Waals surface area contributed by atoms with E-state index in [0.29, 0.717) is 18.2 Å². The summed E-state index contributed by atoms with van der Waals surface area (Å²) in [6, 6.07) is 9.67. The minimum Gasteiger partial charge on any atom is -0.353 e. The molecule has 0 atom stereocenters. The molecule has 1 amide bonds. The summed E-state index contributed by atoms with van der Waals surface area (Å²) in [4.78, 5) is 22.6. The lowest BCUT2D eigenvalue weighted by Gasteiger charge is -2.10. The van der Waals surface area contributed by atoms with Crippen molar-refractivity contribution in [3.63, 3.8) is 0 Å². The summed E-state index contributed by atoms with van der Waals surface area (Å²) < 4.78 is 0. The lowest BCUT2D eigenvalue weighted by molar-refractivity contribution is 0.0946. The van der Waals surface area contributed by atoms with Crippen LogP contribution in [-0.2, 0) is 6.54 Å². The van der Waals surface area contributed by atoms with Crippen molar-refractivity contribution in [2.45, 2.75) is 13.5 Å². The van der Waals surface area contributed by atoms with Gasteiger partial charge >= 0.3 is 0 Å². The molecule has 0 bridgehead atoms. The van der Waals surface area contributed by atoms with Gasteiger partial charge in [-0.3, -0.25) is 4.79 Å².